The van der Waals surface area contributed by atoms with Gasteiger partial charge < -0.3 is 14.3 Å². The lowest BCUT2D eigenvalue weighted by Gasteiger charge is -2.31. The number of likely N-dealkylation sites (tertiary alicyclic amines) is 1. The number of carbonyl (C=O) groups excluding carboxylic acids is 1. The normalized spacial score (nSPS) is 17.8. The first-order valence-electron chi connectivity index (χ1n) is 15.0. The highest BCUT2D eigenvalue weighted by Gasteiger charge is 2.41. The van der Waals surface area contributed by atoms with E-state index < -0.39 is 0 Å². The van der Waals surface area contributed by atoms with Gasteiger partial charge in [-0.3, -0.25) is 9.69 Å². The maximum atomic E-state index is 13.2. The Kier molecular flexibility index (Phi) is 7.08. The Morgan fingerprint density at radius 3 is 2.40 bits per heavy atom. The van der Waals surface area contributed by atoms with Crippen LogP contribution in [-0.2, 0) is 17.9 Å². The highest BCUT2D eigenvalue weighted by Crippen LogP contribution is 2.48. The van der Waals surface area contributed by atoms with E-state index in [1.165, 1.54) is 22.3 Å². The molecule has 6 rings (SSSR count). The number of aryl methyl sites for hydroxylation is 3. The fourth-order valence-corrected chi connectivity index (χ4v) is 6.57. The number of nitrogens with zero attached hydrogens (tertiary/aromatic N) is 5. The standard InChI is InChI=1S/C35H41N5O2/c1-8-30-39(32-31(22(2)18-23(3)36-32)40(30)33-24(4)25(5)37-42-33)20-26-14-15-29(27-12-10-9-11-13-27)28(19-26)21-38-17-16-35(6,7)34(38)41/h9-15,18-19,30H,8,16-17,20-21H2,1-7H3. The predicted octanol–water partition coefficient (Wildman–Crippen LogP) is 7.62. The summed E-state index contributed by atoms with van der Waals surface area (Å²) in [6, 6.07) is 19.4. The number of amides is 1. The minimum absolute atomic E-state index is 0.0252. The van der Waals surface area contributed by atoms with Gasteiger partial charge >= 0.3 is 0 Å². The first-order valence-corrected chi connectivity index (χ1v) is 15.0. The summed E-state index contributed by atoms with van der Waals surface area (Å²) in [4.78, 5) is 25.0. The second kappa shape index (κ2) is 10.6. The largest absolute Gasteiger partial charge is 0.338 e. The van der Waals surface area contributed by atoms with E-state index in [0.717, 1.165) is 59.3 Å². The zero-order valence-electron chi connectivity index (χ0n) is 25.9. The Balaban J connectivity index is 1.41. The van der Waals surface area contributed by atoms with Crippen LogP contribution in [0.2, 0.25) is 0 Å². The van der Waals surface area contributed by atoms with Crippen LogP contribution in [0.5, 0.6) is 0 Å². The highest BCUT2D eigenvalue weighted by molar-refractivity contribution is 5.85. The van der Waals surface area contributed by atoms with Gasteiger partial charge in [-0.1, -0.05) is 74.5 Å². The second-order valence-corrected chi connectivity index (χ2v) is 12.6. The number of benzene rings is 2. The lowest BCUT2D eigenvalue weighted by molar-refractivity contribution is -0.135. The van der Waals surface area contributed by atoms with Crippen LogP contribution in [0.25, 0.3) is 11.1 Å². The summed E-state index contributed by atoms with van der Waals surface area (Å²) in [5.74, 6) is 1.99. The molecule has 0 radical (unpaired) electrons. The molecule has 2 aromatic carbocycles. The topological polar surface area (TPSA) is 65.7 Å². The number of rotatable bonds is 7. The van der Waals surface area contributed by atoms with Crippen molar-refractivity contribution in [1.29, 1.82) is 0 Å². The Morgan fingerprint density at radius 1 is 1.00 bits per heavy atom. The fourth-order valence-electron chi connectivity index (χ4n) is 6.57. The van der Waals surface area contributed by atoms with E-state index in [1.54, 1.807) is 0 Å². The smallest absolute Gasteiger partial charge is 0.236 e. The van der Waals surface area contributed by atoms with Crippen molar-refractivity contribution in [3.05, 3.63) is 88.2 Å². The van der Waals surface area contributed by atoms with E-state index >= 15 is 0 Å². The van der Waals surface area contributed by atoms with Crippen molar-refractivity contribution in [3.63, 3.8) is 0 Å². The van der Waals surface area contributed by atoms with Crippen molar-refractivity contribution in [2.24, 2.45) is 5.41 Å². The first-order chi connectivity index (χ1) is 20.1. The van der Waals surface area contributed by atoms with Gasteiger partial charge in [-0.2, -0.15) is 0 Å². The summed E-state index contributed by atoms with van der Waals surface area (Å²) < 4.78 is 5.92. The van der Waals surface area contributed by atoms with Crippen molar-refractivity contribution in [2.75, 3.05) is 16.3 Å². The molecule has 1 fully saturated rings. The van der Waals surface area contributed by atoms with Gasteiger partial charge in [0.25, 0.3) is 0 Å². The number of hydrogen-bond acceptors (Lipinski definition) is 6. The van der Waals surface area contributed by atoms with Gasteiger partial charge in [0.1, 0.15) is 6.17 Å². The third kappa shape index (κ3) is 4.75. The van der Waals surface area contributed by atoms with Crippen LogP contribution in [0.3, 0.4) is 0 Å². The molecule has 4 aromatic rings. The van der Waals surface area contributed by atoms with Crippen molar-refractivity contribution < 1.29 is 9.32 Å². The maximum Gasteiger partial charge on any atom is 0.236 e. The van der Waals surface area contributed by atoms with Gasteiger partial charge in [0.05, 0.1) is 11.4 Å². The minimum atomic E-state index is -0.305. The van der Waals surface area contributed by atoms with Gasteiger partial charge in [0, 0.05) is 36.3 Å². The molecule has 218 valence electrons. The Hall–Kier alpha value is -4.13. The van der Waals surface area contributed by atoms with Gasteiger partial charge in [0.2, 0.25) is 11.8 Å². The molecule has 1 unspecified atom stereocenters. The summed E-state index contributed by atoms with van der Waals surface area (Å²) in [6.07, 6.45) is 1.79. The summed E-state index contributed by atoms with van der Waals surface area (Å²) in [5, 5.41) is 4.29. The number of aromatic nitrogens is 2. The van der Waals surface area contributed by atoms with Crippen LogP contribution < -0.4 is 9.80 Å². The van der Waals surface area contributed by atoms with E-state index in [1.807, 2.05) is 17.9 Å². The molecule has 7 heteroatoms. The molecule has 0 aliphatic carbocycles. The first kappa shape index (κ1) is 28.0. The molecule has 2 aliphatic heterocycles. The lowest BCUT2D eigenvalue weighted by atomic mass is 9.92. The molecule has 1 saturated heterocycles. The van der Waals surface area contributed by atoms with Crippen molar-refractivity contribution >= 4 is 23.3 Å². The number of hydrogen-bond donors (Lipinski definition) is 0. The lowest BCUT2D eigenvalue weighted by Crippen LogP contribution is -2.40. The molecule has 7 nitrogen and oxygen atoms in total. The molecule has 2 aliphatic rings. The van der Waals surface area contributed by atoms with Crippen LogP contribution in [0.1, 0.15) is 67.3 Å². The van der Waals surface area contributed by atoms with Gasteiger partial charge in [0.15, 0.2) is 5.82 Å². The van der Waals surface area contributed by atoms with Crippen LogP contribution in [0, 0.1) is 33.1 Å². The van der Waals surface area contributed by atoms with Gasteiger partial charge in [-0.25, -0.2) is 4.98 Å². The average Bonchev–Trinajstić information content (AvgIpc) is 3.55. The SMILES string of the molecule is CCC1N(Cc2ccc(-c3ccccc3)c(CN3CCC(C)(C)C3=O)c2)c2nc(C)cc(C)c2N1c1onc(C)c1C. The Morgan fingerprint density at radius 2 is 1.76 bits per heavy atom. The molecule has 1 atom stereocenters. The quantitative estimate of drug-likeness (QED) is 0.230. The second-order valence-electron chi connectivity index (χ2n) is 12.6. The van der Waals surface area contributed by atoms with Crippen molar-refractivity contribution in [2.45, 2.75) is 80.6 Å². The predicted molar refractivity (Wildman–Crippen MR) is 168 cm³/mol. The average molecular weight is 564 g/mol. The van der Waals surface area contributed by atoms with Crippen molar-refractivity contribution in [1.82, 2.24) is 15.0 Å². The van der Waals surface area contributed by atoms with E-state index in [4.69, 9.17) is 9.51 Å². The summed E-state index contributed by atoms with van der Waals surface area (Å²) in [5.41, 5.74) is 9.58. The molecular formula is C35H41N5O2. The number of fused-ring (bicyclic) bond motifs is 1. The van der Waals surface area contributed by atoms with Crippen LogP contribution in [-0.4, -0.2) is 33.7 Å². The molecule has 0 saturated carbocycles. The minimum Gasteiger partial charge on any atom is -0.338 e. The monoisotopic (exact) mass is 563 g/mol. The highest BCUT2D eigenvalue weighted by atomic mass is 16.5. The van der Waals surface area contributed by atoms with E-state index in [0.29, 0.717) is 13.1 Å². The molecule has 1 amide bonds. The Bertz CT molecular complexity index is 1640. The Labute approximate surface area is 249 Å². The fraction of sp³-hybridized carbons (Fsp3) is 0.400. The molecule has 4 heterocycles. The number of anilines is 3. The van der Waals surface area contributed by atoms with E-state index in [-0.39, 0.29) is 17.5 Å². The van der Waals surface area contributed by atoms with Gasteiger partial charge in [-0.15, -0.1) is 0 Å². The molecule has 0 N–H and O–H groups in total. The van der Waals surface area contributed by atoms with Crippen LogP contribution >= 0.6 is 0 Å². The van der Waals surface area contributed by atoms with Crippen LogP contribution in [0.4, 0.5) is 17.4 Å². The zero-order chi connectivity index (χ0) is 29.8. The summed E-state index contributed by atoms with van der Waals surface area (Å²) >= 11 is 0. The van der Waals surface area contributed by atoms with Crippen molar-refractivity contribution in [3.8, 4) is 11.1 Å². The van der Waals surface area contributed by atoms with Gasteiger partial charge in [-0.05, 0) is 74.4 Å². The number of pyridine rings is 1. The third-order valence-electron chi connectivity index (χ3n) is 9.02. The summed E-state index contributed by atoms with van der Waals surface area (Å²) in [6.45, 7) is 16.7. The van der Waals surface area contributed by atoms with E-state index in [9.17, 15) is 4.79 Å². The molecule has 42 heavy (non-hydrogen) atoms. The third-order valence-corrected chi connectivity index (χ3v) is 9.02. The molecular weight excluding hydrogens is 522 g/mol. The molecule has 0 spiro atoms. The maximum absolute atomic E-state index is 13.2. The zero-order valence-corrected chi connectivity index (χ0v) is 25.9. The number of carbonyl (C=O) groups is 1. The van der Waals surface area contributed by atoms with E-state index in [2.05, 4.69) is 105 Å². The summed E-state index contributed by atoms with van der Waals surface area (Å²) in [7, 11) is 0. The molecule has 2 aromatic heterocycles. The van der Waals surface area contributed by atoms with Crippen LogP contribution in [0.15, 0.2) is 59.1 Å². The molecule has 0 bridgehead atoms.